The molecule has 0 saturated carbocycles. The second-order valence-corrected chi connectivity index (χ2v) is 5.66. The molecular formula is C18H20N2O4. The highest BCUT2D eigenvalue weighted by molar-refractivity contribution is 5.94. The maximum atomic E-state index is 12.0. The zero-order chi connectivity index (χ0) is 16.9. The minimum absolute atomic E-state index is 0.237. The highest BCUT2D eigenvalue weighted by Crippen LogP contribution is 2.23. The van der Waals surface area contributed by atoms with Crippen molar-refractivity contribution in [3.63, 3.8) is 0 Å². The molecule has 0 aliphatic carbocycles. The summed E-state index contributed by atoms with van der Waals surface area (Å²) < 4.78 is 16.3. The van der Waals surface area contributed by atoms with Crippen LogP contribution in [0.15, 0.2) is 36.5 Å². The highest BCUT2D eigenvalue weighted by atomic mass is 16.6. The molecular weight excluding hydrogens is 308 g/mol. The van der Waals surface area contributed by atoms with Crippen LogP contribution in [0, 0.1) is 13.8 Å². The molecule has 0 spiro atoms. The lowest BCUT2D eigenvalue weighted by atomic mass is 10.1. The molecule has 1 aliphatic heterocycles. The average Bonchev–Trinajstić information content (AvgIpc) is 2.61. The summed E-state index contributed by atoms with van der Waals surface area (Å²) in [4.78, 5) is 16.3. The third-order valence-corrected chi connectivity index (χ3v) is 3.81. The Morgan fingerprint density at radius 3 is 2.75 bits per heavy atom. The maximum absolute atomic E-state index is 12.0. The molecule has 1 saturated heterocycles. The minimum Gasteiger partial charge on any atom is -0.439 e. The Balaban J connectivity index is 1.60. The van der Waals surface area contributed by atoms with Crippen LogP contribution < -0.4 is 10.1 Å². The van der Waals surface area contributed by atoms with Crippen molar-refractivity contribution in [1.29, 1.82) is 0 Å². The molecule has 2 aromatic rings. The van der Waals surface area contributed by atoms with Gasteiger partial charge in [0.25, 0.3) is 5.91 Å². The lowest BCUT2D eigenvalue weighted by molar-refractivity contribution is -0.142. The van der Waals surface area contributed by atoms with E-state index in [9.17, 15) is 4.79 Å². The van der Waals surface area contributed by atoms with E-state index in [1.165, 1.54) is 5.56 Å². The van der Waals surface area contributed by atoms with Crippen LogP contribution in [0.5, 0.6) is 11.6 Å². The summed E-state index contributed by atoms with van der Waals surface area (Å²) in [6, 6.07) is 9.33. The van der Waals surface area contributed by atoms with Gasteiger partial charge in [0.2, 0.25) is 5.88 Å². The van der Waals surface area contributed by atoms with Gasteiger partial charge in [-0.2, -0.15) is 0 Å². The van der Waals surface area contributed by atoms with Crippen LogP contribution in [0.3, 0.4) is 0 Å². The third-order valence-electron chi connectivity index (χ3n) is 3.81. The second-order valence-electron chi connectivity index (χ2n) is 5.66. The van der Waals surface area contributed by atoms with Gasteiger partial charge in [0, 0.05) is 6.07 Å². The van der Waals surface area contributed by atoms with E-state index >= 15 is 0 Å². The predicted molar refractivity (Wildman–Crippen MR) is 89.4 cm³/mol. The summed E-state index contributed by atoms with van der Waals surface area (Å²) >= 11 is 0. The quantitative estimate of drug-likeness (QED) is 0.934. The van der Waals surface area contributed by atoms with Crippen LogP contribution in [0.4, 0.5) is 5.69 Å². The standard InChI is InChI=1S/C18H20N2O4/c1-12-3-5-15(9-13(12)2)24-17-6-4-14(10-19-17)20-18(21)16-11-22-7-8-23-16/h3-6,9-10,16H,7-8,11H2,1-2H3,(H,20,21). The van der Waals surface area contributed by atoms with Crippen LogP contribution in [-0.4, -0.2) is 36.8 Å². The number of rotatable bonds is 4. The summed E-state index contributed by atoms with van der Waals surface area (Å²) in [5.41, 5.74) is 2.95. The Kier molecular flexibility index (Phi) is 5.08. The van der Waals surface area contributed by atoms with Gasteiger partial charge in [0.15, 0.2) is 6.10 Å². The van der Waals surface area contributed by atoms with Gasteiger partial charge in [0.1, 0.15) is 5.75 Å². The van der Waals surface area contributed by atoms with Gasteiger partial charge in [-0.15, -0.1) is 0 Å². The van der Waals surface area contributed by atoms with Crippen LogP contribution in [0.2, 0.25) is 0 Å². The molecule has 1 N–H and O–H groups in total. The van der Waals surface area contributed by atoms with Gasteiger partial charge in [0.05, 0.1) is 31.7 Å². The summed E-state index contributed by atoms with van der Waals surface area (Å²) in [7, 11) is 0. The first kappa shape index (κ1) is 16.4. The molecule has 1 aromatic carbocycles. The minimum atomic E-state index is -0.579. The lowest BCUT2D eigenvalue weighted by Gasteiger charge is -2.21. The predicted octanol–water partition coefficient (Wildman–Crippen LogP) is 2.84. The lowest BCUT2D eigenvalue weighted by Crippen LogP contribution is -2.39. The fourth-order valence-corrected chi connectivity index (χ4v) is 2.27. The number of hydrogen-bond acceptors (Lipinski definition) is 5. The summed E-state index contributed by atoms with van der Waals surface area (Å²) in [5.74, 6) is 0.961. The van der Waals surface area contributed by atoms with Gasteiger partial charge in [-0.25, -0.2) is 4.98 Å². The second kappa shape index (κ2) is 7.42. The van der Waals surface area contributed by atoms with E-state index in [-0.39, 0.29) is 12.5 Å². The molecule has 2 heterocycles. The fourth-order valence-electron chi connectivity index (χ4n) is 2.27. The highest BCUT2D eigenvalue weighted by Gasteiger charge is 2.22. The first-order valence-corrected chi connectivity index (χ1v) is 7.83. The van der Waals surface area contributed by atoms with Crippen molar-refractivity contribution in [3.8, 4) is 11.6 Å². The molecule has 6 heteroatoms. The third kappa shape index (κ3) is 4.10. The largest absolute Gasteiger partial charge is 0.439 e. The summed E-state index contributed by atoms with van der Waals surface area (Å²) in [6.07, 6.45) is 0.975. The number of aryl methyl sites for hydroxylation is 2. The maximum Gasteiger partial charge on any atom is 0.255 e. The first-order chi connectivity index (χ1) is 11.6. The van der Waals surface area contributed by atoms with E-state index in [4.69, 9.17) is 14.2 Å². The van der Waals surface area contributed by atoms with Gasteiger partial charge in [-0.05, 0) is 43.2 Å². The fraction of sp³-hybridized carbons (Fsp3) is 0.333. The molecule has 1 atom stereocenters. The number of anilines is 1. The molecule has 24 heavy (non-hydrogen) atoms. The van der Waals surface area contributed by atoms with Crippen molar-refractivity contribution < 1.29 is 19.0 Å². The van der Waals surface area contributed by atoms with E-state index in [1.54, 1.807) is 18.3 Å². The SMILES string of the molecule is Cc1ccc(Oc2ccc(NC(=O)C3COCCO3)cn2)cc1C. The number of hydrogen-bond donors (Lipinski definition) is 1. The van der Waals surface area contributed by atoms with Crippen molar-refractivity contribution in [2.45, 2.75) is 20.0 Å². The zero-order valence-electron chi connectivity index (χ0n) is 13.7. The number of carbonyl (C=O) groups is 1. The van der Waals surface area contributed by atoms with Crippen molar-refractivity contribution in [1.82, 2.24) is 4.98 Å². The normalized spacial score (nSPS) is 17.3. The van der Waals surface area contributed by atoms with Crippen molar-refractivity contribution in [2.75, 3.05) is 25.1 Å². The zero-order valence-corrected chi connectivity index (χ0v) is 13.7. The van der Waals surface area contributed by atoms with Gasteiger partial charge in [-0.3, -0.25) is 4.79 Å². The van der Waals surface area contributed by atoms with E-state index < -0.39 is 6.10 Å². The summed E-state index contributed by atoms with van der Waals surface area (Å²) in [6.45, 7) is 5.31. The van der Waals surface area contributed by atoms with Crippen molar-refractivity contribution >= 4 is 11.6 Å². The molecule has 1 aromatic heterocycles. The number of amides is 1. The molecule has 1 aliphatic rings. The smallest absolute Gasteiger partial charge is 0.255 e. The number of ether oxygens (including phenoxy) is 3. The topological polar surface area (TPSA) is 69.7 Å². The number of nitrogens with one attached hydrogen (secondary N) is 1. The Bertz CT molecular complexity index is 709. The monoisotopic (exact) mass is 328 g/mol. The van der Waals surface area contributed by atoms with Crippen LogP contribution in [0.1, 0.15) is 11.1 Å². The molecule has 3 rings (SSSR count). The number of pyridine rings is 1. The van der Waals surface area contributed by atoms with Gasteiger partial charge < -0.3 is 19.5 Å². The number of carbonyl (C=O) groups excluding carboxylic acids is 1. The van der Waals surface area contributed by atoms with Gasteiger partial charge in [-0.1, -0.05) is 6.07 Å². The van der Waals surface area contributed by atoms with Crippen LogP contribution >= 0.6 is 0 Å². The molecule has 0 radical (unpaired) electrons. The van der Waals surface area contributed by atoms with E-state index in [0.29, 0.717) is 24.8 Å². The first-order valence-electron chi connectivity index (χ1n) is 7.83. The average molecular weight is 328 g/mol. The van der Waals surface area contributed by atoms with Gasteiger partial charge >= 0.3 is 0 Å². The van der Waals surface area contributed by atoms with E-state index in [1.807, 2.05) is 25.1 Å². The number of nitrogens with zero attached hydrogens (tertiary/aromatic N) is 1. The van der Waals surface area contributed by atoms with Crippen molar-refractivity contribution in [2.24, 2.45) is 0 Å². The van der Waals surface area contributed by atoms with E-state index in [0.717, 1.165) is 11.3 Å². The Morgan fingerprint density at radius 2 is 2.08 bits per heavy atom. The number of benzene rings is 1. The van der Waals surface area contributed by atoms with Crippen LogP contribution in [0.25, 0.3) is 0 Å². The molecule has 126 valence electrons. The Labute approximate surface area is 140 Å². The summed E-state index contributed by atoms with van der Waals surface area (Å²) in [5, 5.41) is 2.76. The molecule has 1 fully saturated rings. The Hall–Kier alpha value is -2.44. The molecule has 6 nitrogen and oxygen atoms in total. The number of aromatic nitrogens is 1. The van der Waals surface area contributed by atoms with Crippen molar-refractivity contribution in [3.05, 3.63) is 47.7 Å². The Morgan fingerprint density at radius 1 is 1.21 bits per heavy atom. The molecule has 0 bridgehead atoms. The molecule has 1 unspecified atom stereocenters. The van der Waals surface area contributed by atoms with Crippen LogP contribution in [-0.2, 0) is 14.3 Å². The van der Waals surface area contributed by atoms with E-state index in [2.05, 4.69) is 17.2 Å². The molecule has 1 amide bonds.